The van der Waals surface area contributed by atoms with E-state index < -0.39 is 0 Å². The highest BCUT2D eigenvalue weighted by Crippen LogP contribution is 2.49. The molecule has 1 aliphatic carbocycles. The van der Waals surface area contributed by atoms with Crippen molar-refractivity contribution >= 4 is 11.3 Å². The molecule has 3 heterocycles. The molecule has 2 atom stereocenters. The molecule has 3 fully saturated rings. The Morgan fingerprint density at radius 3 is 3.04 bits per heavy atom. The lowest BCUT2D eigenvalue weighted by Crippen LogP contribution is -2.35. The van der Waals surface area contributed by atoms with Gasteiger partial charge in [-0.1, -0.05) is 6.42 Å². The molecule has 4 nitrogen and oxygen atoms in total. The number of hydrogen-bond acceptors (Lipinski definition) is 5. The molecule has 0 bridgehead atoms. The fourth-order valence-electron chi connectivity index (χ4n) is 5.03. The molecule has 0 aromatic carbocycles. The quantitative estimate of drug-likeness (QED) is 0.786. The monoisotopic (exact) mass is 350 g/mol. The zero-order chi connectivity index (χ0) is 16.4. The fraction of sp³-hybridized carbons (Fsp3) is 0.842. The molecule has 3 aliphatic rings. The summed E-state index contributed by atoms with van der Waals surface area (Å²) in [5.74, 6) is 1.68. The highest BCUT2D eigenvalue weighted by atomic mass is 32.1. The number of rotatable bonds is 6. The number of thiazole rings is 1. The Hall–Kier alpha value is -0.490. The first-order valence-electron chi connectivity index (χ1n) is 9.52. The van der Waals surface area contributed by atoms with Crippen LogP contribution in [0.3, 0.4) is 0 Å². The van der Waals surface area contributed by atoms with E-state index in [1.165, 1.54) is 51.7 Å². The maximum Gasteiger partial charge on any atom is 0.0898 e. The summed E-state index contributed by atoms with van der Waals surface area (Å²) in [4.78, 5) is 7.25. The molecule has 5 heteroatoms. The summed E-state index contributed by atoms with van der Waals surface area (Å²) in [6.45, 7) is 9.38. The molecule has 0 N–H and O–H groups in total. The highest BCUT2D eigenvalue weighted by molar-refractivity contribution is 7.09. The van der Waals surface area contributed by atoms with Gasteiger partial charge in [-0.2, -0.15) is 0 Å². The predicted octanol–water partition coefficient (Wildman–Crippen LogP) is 3.50. The highest BCUT2D eigenvalue weighted by Gasteiger charge is 2.49. The van der Waals surface area contributed by atoms with Gasteiger partial charge in [0.25, 0.3) is 0 Å². The Labute approximate surface area is 149 Å². The van der Waals surface area contributed by atoms with E-state index >= 15 is 0 Å². The van der Waals surface area contributed by atoms with Gasteiger partial charge in [0, 0.05) is 43.6 Å². The molecule has 0 radical (unpaired) electrons. The Morgan fingerprint density at radius 2 is 2.25 bits per heavy atom. The summed E-state index contributed by atoms with van der Waals surface area (Å²) in [6.07, 6.45) is 6.61. The molecule has 2 saturated heterocycles. The van der Waals surface area contributed by atoms with E-state index in [-0.39, 0.29) is 0 Å². The van der Waals surface area contributed by atoms with Crippen molar-refractivity contribution in [2.24, 2.45) is 17.3 Å². The largest absolute Gasteiger partial charge is 0.381 e. The van der Waals surface area contributed by atoms with E-state index in [4.69, 9.17) is 9.47 Å². The average molecular weight is 351 g/mol. The minimum atomic E-state index is 0.413. The fourth-order valence-corrected chi connectivity index (χ4v) is 5.63. The van der Waals surface area contributed by atoms with Gasteiger partial charge in [-0.05, 0) is 44.4 Å². The van der Waals surface area contributed by atoms with Crippen LogP contribution in [0.15, 0.2) is 5.38 Å². The van der Waals surface area contributed by atoms with Gasteiger partial charge >= 0.3 is 0 Å². The topological polar surface area (TPSA) is 34.6 Å². The van der Waals surface area contributed by atoms with Crippen molar-refractivity contribution in [3.63, 3.8) is 0 Å². The molecule has 24 heavy (non-hydrogen) atoms. The van der Waals surface area contributed by atoms with Crippen LogP contribution in [0.5, 0.6) is 0 Å². The van der Waals surface area contributed by atoms with Crippen molar-refractivity contribution in [2.75, 3.05) is 39.5 Å². The van der Waals surface area contributed by atoms with E-state index in [2.05, 4.69) is 22.2 Å². The number of likely N-dealkylation sites (tertiary alicyclic amines) is 1. The molecule has 1 aromatic heterocycles. The lowest BCUT2D eigenvalue weighted by atomic mass is 9.81. The second-order valence-electron chi connectivity index (χ2n) is 8.05. The molecular weight excluding hydrogens is 320 g/mol. The van der Waals surface area contributed by atoms with Crippen molar-refractivity contribution < 1.29 is 9.47 Å². The zero-order valence-corrected chi connectivity index (χ0v) is 15.7. The SMILES string of the molecule is Cc1nc(COC[C@@]23CCC[C@@H]2CN(CC2CCOCC2)C3)cs1. The summed E-state index contributed by atoms with van der Waals surface area (Å²) in [5.41, 5.74) is 1.51. The van der Waals surface area contributed by atoms with Gasteiger partial charge in [-0.15, -0.1) is 11.3 Å². The van der Waals surface area contributed by atoms with E-state index in [1.807, 2.05) is 0 Å². The summed E-state index contributed by atoms with van der Waals surface area (Å²) in [6, 6.07) is 0. The summed E-state index contributed by atoms with van der Waals surface area (Å²) < 4.78 is 11.7. The van der Waals surface area contributed by atoms with Gasteiger partial charge in [0.2, 0.25) is 0 Å². The second kappa shape index (κ2) is 7.40. The van der Waals surface area contributed by atoms with Gasteiger partial charge in [-0.25, -0.2) is 4.98 Å². The van der Waals surface area contributed by atoms with E-state index in [0.717, 1.165) is 42.4 Å². The zero-order valence-electron chi connectivity index (χ0n) is 14.8. The number of nitrogens with zero attached hydrogens (tertiary/aromatic N) is 2. The van der Waals surface area contributed by atoms with Crippen LogP contribution in [0.4, 0.5) is 0 Å². The molecule has 4 rings (SSSR count). The standard InChI is InChI=1S/C19H30N2O2S/c1-15-20-18(12-24-15)11-23-14-19-6-2-3-17(19)10-21(13-19)9-16-4-7-22-8-5-16/h12,16-17H,2-11,13-14H2,1H3/t17-,19+/m1/s1. The third-order valence-electron chi connectivity index (χ3n) is 6.27. The maximum atomic E-state index is 6.16. The molecule has 2 aliphatic heterocycles. The minimum absolute atomic E-state index is 0.413. The molecule has 0 spiro atoms. The van der Waals surface area contributed by atoms with Crippen LogP contribution in [-0.4, -0.2) is 49.3 Å². The van der Waals surface area contributed by atoms with Gasteiger partial charge in [0.15, 0.2) is 0 Å². The van der Waals surface area contributed by atoms with Crippen molar-refractivity contribution in [1.82, 2.24) is 9.88 Å². The maximum absolute atomic E-state index is 6.16. The Kier molecular flexibility index (Phi) is 5.23. The Bertz CT molecular complexity index is 543. The van der Waals surface area contributed by atoms with Crippen LogP contribution in [0, 0.1) is 24.2 Å². The number of fused-ring (bicyclic) bond motifs is 1. The van der Waals surface area contributed by atoms with Crippen LogP contribution >= 0.6 is 11.3 Å². The first-order valence-corrected chi connectivity index (χ1v) is 10.4. The third kappa shape index (κ3) is 3.69. The Morgan fingerprint density at radius 1 is 1.38 bits per heavy atom. The van der Waals surface area contributed by atoms with Crippen LogP contribution in [0.1, 0.15) is 42.8 Å². The number of aromatic nitrogens is 1. The van der Waals surface area contributed by atoms with Gasteiger partial charge < -0.3 is 14.4 Å². The van der Waals surface area contributed by atoms with Gasteiger partial charge in [0.1, 0.15) is 0 Å². The van der Waals surface area contributed by atoms with Crippen LogP contribution in [-0.2, 0) is 16.1 Å². The van der Waals surface area contributed by atoms with Gasteiger partial charge in [-0.3, -0.25) is 0 Å². The average Bonchev–Trinajstić information content (AvgIpc) is 3.23. The molecule has 0 amide bonds. The molecule has 1 saturated carbocycles. The van der Waals surface area contributed by atoms with Crippen LogP contribution in [0.2, 0.25) is 0 Å². The molecule has 0 unspecified atom stereocenters. The number of hydrogen-bond donors (Lipinski definition) is 0. The van der Waals surface area contributed by atoms with E-state index in [1.54, 1.807) is 11.3 Å². The lowest BCUT2D eigenvalue weighted by molar-refractivity contribution is 0.0224. The lowest BCUT2D eigenvalue weighted by Gasteiger charge is -2.30. The van der Waals surface area contributed by atoms with Crippen molar-refractivity contribution in [2.45, 2.75) is 45.6 Å². The van der Waals surface area contributed by atoms with Gasteiger partial charge in [0.05, 0.1) is 23.9 Å². The van der Waals surface area contributed by atoms with Crippen molar-refractivity contribution in [3.05, 3.63) is 16.1 Å². The number of aryl methyl sites for hydroxylation is 1. The predicted molar refractivity (Wildman–Crippen MR) is 96.3 cm³/mol. The Balaban J connectivity index is 1.30. The number of ether oxygens (including phenoxy) is 2. The molecule has 1 aromatic rings. The van der Waals surface area contributed by atoms with Crippen molar-refractivity contribution in [1.29, 1.82) is 0 Å². The second-order valence-corrected chi connectivity index (χ2v) is 9.11. The van der Waals surface area contributed by atoms with E-state index in [9.17, 15) is 0 Å². The van der Waals surface area contributed by atoms with Crippen molar-refractivity contribution in [3.8, 4) is 0 Å². The van der Waals surface area contributed by atoms with E-state index in [0.29, 0.717) is 12.0 Å². The first kappa shape index (κ1) is 17.0. The molecular formula is C19H30N2O2S. The third-order valence-corrected chi connectivity index (χ3v) is 7.10. The summed E-state index contributed by atoms with van der Waals surface area (Å²) in [7, 11) is 0. The van der Waals surface area contributed by atoms with Crippen LogP contribution in [0.25, 0.3) is 0 Å². The smallest absolute Gasteiger partial charge is 0.0898 e. The molecule has 134 valence electrons. The summed E-state index contributed by atoms with van der Waals surface area (Å²) >= 11 is 1.72. The first-order chi connectivity index (χ1) is 11.7. The normalized spacial score (nSPS) is 31.6. The minimum Gasteiger partial charge on any atom is -0.381 e. The van der Waals surface area contributed by atoms with Crippen LogP contribution < -0.4 is 0 Å². The summed E-state index contributed by atoms with van der Waals surface area (Å²) in [5, 5.41) is 3.26.